The van der Waals surface area contributed by atoms with Crippen LogP contribution < -0.4 is 0 Å². The highest BCUT2D eigenvalue weighted by atomic mass is 16.5. The molecule has 0 radical (unpaired) electrons. The summed E-state index contributed by atoms with van der Waals surface area (Å²) in [4.78, 5) is 16.0. The number of hydrogen-bond acceptors (Lipinski definition) is 5. The number of ether oxygens (including phenoxy) is 2. The van der Waals surface area contributed by atoms with Crippen molar-refractivity contribution in [3.05, 3.63) is 0 Å². The molecule has 0 saturated carbocycles. The fraction of sp³-hybridized carbons (Fsp3) is 0.917. The van der Waals surface area contributed by atoms with E-state index in [0.29, 0.717) is 19.6 Å². The molecule has 0 aromatic heterocycles. The number of morpholine rings is 2. The molecule has 1 N–H and O–H groups in total. The van der Waals surface area contributed by atoms with Crippen molar-refractivity contribution in [3.8, 4) is 0 Å². The lowest BCUT2D eigenvalue weighted by atomic mass is 10.1. The molecule has 18 heavy (non-hydrogen) atoms. The molecule has 1 atom stereocenters. The van der Waals surface area contributed by atoms with Crippen molar-refractivity contribution in [2.45, 2.75) is 12.5 Å². The van der Waals surface area contributed by atoms with E-state index in [1.54, 1.807) is 0 Å². The first-order chi connectivity index (χ1) is 8.81. The van der Waals surface area contributed by atoms with E-state index in [9.17, 15) is 4.79 Å². The Labute approximate surface area is 107 Å². The average molecular weight is 258 g/mol. The van der Waals surface area contributed by atoms with Gasteiger partial charge < -0.3 is 19.5 Å². The minimum atomic E-state index is 0.0253. The fourth-order valence-corrected chi connectivity index (χ4v) is 2.43. The Kier molecular flexibility index (Phi) is 5.37. The van der Waals surface area contributed by atoms with Gasteiger partial charge >= 0.3 is 0 Å². The number of aliphatic hydroxyl groups excluding tert-OH is 1. The monoisotopic (exact) mass is 258 g/mol. The number of carbonyl (C=O) groups excluding carboxylic acids is 1. The molecule has 2 rings (SSSR count). The number of nitrogens with zero attached hydrogens (tertiary/aromatic N) is 2. The van der Waals surface area contributed by atoms with Crippen LogP contribution in [0.25, 0.3) is 0 Å². The van der Waals surface area contributed by atoms with Crippen molar-refractivity contribution in [1.29, 1.82) is 0 Å². The first-order valence-corrected chi connectivity index (χ1v) is 6.59. The van der Waals surface area contributed by atoms with E-state index < -0.39 is 0 Å². The minimum absolute atomic E-state index is 0.0253. The summed E-state index contributed by atoms with van der Waals surface area (Å²) >= 11 is 0. The molecular weight excluding hydrogens is 236 g/mol. The standard InChI is InChI=1S/C12H22N2O4/c15-6-1-11-9-18-10-12(16)14(11)3-2-13-4-7-17-8-5-13/h11,15H,1-10H2. The molecule has 6 heteroatoms. The summed E-state index contributed by atoms with van der Waals surface area (Å²) in [6, 6.07) is 0.0253. The molecule has 2 aliphatic heterocycles. The summed E-state index contributed by atoms with van der Waals surface area (Å²) in [7, 11) is 0. The maximum absolute atomic E-state index is 11.8. The third-order valence-corrected chi connectivity index (χ3v) is 3.52. The van der Waals surface area contributed by atoms with Crippen LogP contribution in [0.2, 0.25) is 0 Å². The number of aliphatic hydroxyl groups is 1. The molecule has 0 aromatic rings. The lowest BCUT2D eigenvalue weighted by Gasteiger charge is -2.37. The molecule has 1 unspecified atom stereocenters. The lowest BCUT2D eigenvalue weighted by molar-refractivity contribution is -0.149. The second-order valence-electron chi connectivity index (χ2n) is 4.72. The second-order valence-corrected chi connectivity index (χ2v) is 4.72. The van der Waals surface area contributed by atoms with E-state index in [4.69, 9.17) is 14.6 Å². The van der Waals surface area contributed by atoms with E-state index in [1.165, 1.54) is 0 Å². The molecule has 2 aliphatic rings. The smallest absolute Gasteiger partial charge is 0.248 e. The van der Waals surface area contributed by atoms with E-state index in [0.717, 1.165) is 32.8 Å². The second kappa shape index (κ2) is 7.04. The molecular formula is C12H22N2O4. The molecule has 0 spiro atoms. The molecule has 6 nitrogen and oxygen atoms in total. The number of rotatable bonds is 5. The molecule has 0 bridgehead atoms. The van der Waals surface area contributed by atoms with Gasteiger partial charge in [0.2, 0.25) is 5.91 Å². The van der Waals surface area contributed by atoms with Gasteiger partial charge in [-0.25, -0.2) is 0 Å². The maximum atomic E-state index is 11.8. The van der Waals surface area contributed by atoms with Gasteiger partial charge in [0.15, 0.2) is 0 Å². The molecule has 104 valence electrons. The molecule has 1 amide bonds. The zero-order valence-electron chi connectivity index (χ0n) is 10.7. The average Bonchev–Trinajstić information content (AvgIpc) is 2.40. The predicted octanol–water partition coefficient (Wildman–Crippen LogP) is -1.07. The summed E-state index contributed by atoms with van der Waals surface area (Å²) in [6.07, 6.45) is 0.592. The Morgan fingerprint density at radius 1 is 1.22 bits per heavy atom. The summed E-state index contributed by atoms with van der Waals surface area (Å²) in [6.45, 7) is 5.81. The van der Waals surface area contributed by atoms with Crippen LogP contribution >= 0.6 is 0 Å². The Morgan fingerprint density at radius 3 is 2.72 bits per heavy atom. The van der Waals surface area contributed by atoms with E-state index >= 15 is 0 Å². The Hall–Kier alpha value is -0.690. The summed E-state index contributed by atoms with van der Waals surface area (Å²) in [5.41, 5.74) is 0. The normalized spacial score (nSPS) is 26.6. The molecule has 0 aliphatic carbocycles. The van der Waals surface area contributed by atoms with Crippen LogP contribution in [-0.2, 0) is 14.3 Å². The van der Waals surface area contributed by atoms with Crippen molar-refractivity contribution in [2.75, 3.05) is 59.2 Å². The first-order valence-electron chi connectivity index (χ1n) is 6.59. The Bertz CT molecular complexity index is 267. The maximum Gasteiger partial charge on any atom is 0.248 e. The largest absolute Gasteiger partial charge is 0.396 e. The van der Waals surface area contributed by atoms with Gasteiger partial charge in [-0.3, -0.25) is 9.69 Å². The van der Waals surface area contributed by atoms with Gasteiger partial charge in [-0.2, -0.15) is 0 Å². The predicted molar refractivity (Wildman–Crippen MR) is 65.3 cm³/mol. The van der Waals surface area contributed by atoms with Crippen molar-refractivity contribution in [2.24, 2.45) is 0 Å². The third kappa shape index (κ3) is 3.65. The molecule has 2 fully saturated rings. The van der Waals surface area contributed by atoms with Gasteiger partial charge in [-0.15, -0.1) is 0 Å². The summed E-state index contributed by atoms with van der Waals surface area (Å²) in [5.74, 6) is 0.0351. The van der Waals surface area contributed by atoms with Crippen molar-refractivity contribution >= 4 is 5.91 Å². The SMILES string of the molecule is O=C1COCC(CCO)N1CCN1CCOCC1. The van der Waals surface area contributed by atoms with E-state index in [1.807, 2.05) is 4.90 Å². The highest BCUT2D eigenvalue weighted by molar-refractivity contribution is 5.78. The van der Waals surface area contributed by atoms with Crippen LogP contribution in [0.1, 0.15) is 6.42 Å². The fourth-order valence-electron chi connectivity index (χ4n) is 2.43. The Morgan fingerprint density at radius 2 is 2.00 bits per heavy atom. The van der Waals surface area contributed by atoms with Crippen LogP contribution in [0.4, 0.5) is 0 Å². The van der Waals surface area contributed by atoms with Crippen LogP contribution in [0, 0.1) is 0 Å². The number of hydrogen-bond donors (Lipinski definition) is 1. The van der Waals surface area contributed by atoms with Gasteiger partial charge in [0.05, 0.1) is 25.9 Å². The van der Waals surface area contributed by atoms with Crippen molar-refractivity contribution < 1.29 is 19.4 Å². The van der Waals surface area contributed by atoms with Crippen LogP contribution in [-0.4, -0.2) is 86.1 Å². The van der Waals surface area contributed by atoms with Crippen LogP contribution in [0.15, 0.2) is 0 Å². The highest BCUT2D eigenvalue weighted by Crippen LogP contribution is 2.11. The van der Waals surface area contributed by atoms with E-state index in [-0.39, 0.29) is 25.2 Å². The Balaban J connectivity index is 1.81. The molecule has 2 saturated heterocycles. The lowest BCUT2D eigenvalue weighted by Crippen LogP contribution is -2.52. The minimum Gasteiger partial charge on any atom is -0.396 e. The highest BCUT2D eigenvalue weighted by Gasteiger charge is 2.28. The van der Waals surface area contributed by atoms with Gasteiger partial charge in [0.1, 0.15) is 6.61 Å². The van der Waals surface area contributed by atoms with Crippen LogP contribution in [0.3, 0.4) is 0 Å². The van der Waals surface area contributed by atoms with Gasteiger partial charge in [0.25, 0.3) is 0 Å². The zero-order chi connectivity index (χ0) is 12.8. The van der Waals surface area contributed by atoms with Gasteiger partial charge in [-0.1, -0.05) is 0 Å². The number of carbonyl (C=O) groups is 1. The summed E-state index contributed by atoms with van der Waals surface area (Å²) < 4.78 is 10.5. The van der Waals surface area contributed by atoms with Crippen molar-refractivity contribution in [3.63, 3.8) is 0 Å². The van der Waals surface area contributed by atoms with Crippen molar-refractivity contribution in [1.82, 2.24) is 9.80 Å². The van der Waals surface area contributed by atoms with Crippen LogP contribution in [0.5, 0.6) is 0 Å². The first kappa shape index (κ1) is 13.7. The third-order valence-electron chi connectivity index (χ3n) is 3.52. The molecule has 2 heterocycles. The van der Waals surface area contributed by atoms with Gasteiger partial charge in [0, 0.05) is 32.8 Å². The summed E-state index contributed by atoms with van der Waals surface area (Å²) in [5, 5.41) is 9.02. The molecule has 0 aromatic carbocycles. The topological polar surface area (TPSA) is 62.2 Å². The zero-order valence-corrected chi connectivity index (χ0v) is 10.7. The number of amides is 1. The van der Waals surface area contributed by atoms with E-state index in [2.05, 4.69) is 4.90 Å². The quantitative estimate of drug-likeness (QED) is 0.680. The van der Waals surface area contributed by atoms with Gasteiger partial charge in [-0.05, 0) is 6.42 Å².